The lowest BCUT2D eigenvalue weighted by Crippen LogP contribution is -2.42. The van der Waals surface area contributed by atoms with Gasteiger partial charge in [-0.25, -0.2) is 9.78 Å². The summed E-state index contributed by atoms with van der Waals surface area (Å²) in [6, 6.07) is 15.9. The number of tetrazole rings is 1. The number of imidazole rings is 1. The molecule has 43 heavy (non-hydrogen) atoms. The van der Waals surface area contributed by atoms with Gasteiger partial charge in [0, 0.05) is 25.1 Å². The number of carbonyl (C=O) groups excluding carboxylic acids is 1. The van der Waals surface area contributed by atoms with Crippen LogP contribution in [-0.2, 0) is 35.6 Å². The van der Waals surface area contributed by atoms with Gasteiger partial charge in [0.05, 0.1) is 7.11 Å². The molecule has 0 aliphatic rings. The Kier molecular flexibility index (Phi) is 8.93. The van der Waals surface area contributed by atoms with Crippen LogP contribution in [0, 0.1) is 5.92 Å². The molecule has 12 nitrogen and oxygen atoms in total. The van der Waals surface area contributed by atoms with Crippen LogP contribution in [0.2, 0.25) is 0 Å². The first-order valence-electron chi connectivity index (χ1n) is 14.5. The Morgan fingerprint density at radius 2 is 1.72 bits per heavy atom. The molecule has 5 aromatic rings. The van der Waals surface area contributed by atoms with E-state index in [1.807, 2.05) is 66.9 Å². The molecule has 2 aromatic carbocycles. The molecule has 0 amide bonds. The summed E-state index contributed by atoms with van der Waals surface area (Å²) in [5.41, 5.74) is 3.30. The molecule has 3 heterocycles. The van der Waals surface area contributed by atoms with Crippen molar-refractivity contribution in [2.75, 3.05) is 7.11 Å². The zero-order chi connectivity index (χ0) is 30.5. The van der Waals surface area contributed by atoms with E-state index in [1.54, 1.807) is 0 Å². The normalized spacial score (nSPS) is 11.5. The number of nitrogens with one attached hydrogen (secondary N) is 1. The van der Waals surface area contributed by atoms with Crippen molar-refractivity contribution in [3.8, 4) is 22.5 Å². The summed E-state index contributed by atoms with van der Waals surface area (Å²) in [5.74, 6) is 0.666. The van der Waals surface area contributed by atoms with Crippen molar-refractivity contribution in [1.82, 2.24) is 39.3 Å². The largest absolute Gasteiger partial charge is 0.468 e. The smallest absolute Gasteiger partial charge is 0.333 e. The van der Waals surface area contributed by atoms with Crippen molar-refractivity contribution in [2.24, 2.45) is 5.92 Å². The van der Waals surface area contributed by atoms with Gasteiger partial charge in [0.25, 0.3) is 5.56 Å². The minimum Gasteiger partial charge on any atom is -0.468 e. The Bertz CT molecular complexity index is 1830. The van der Waals surface area contributed by atoms with Gasteiger partial charge in [0.1, 0.15) is 12.4 Å². The number of fused-ring (bicyclic) bond motifs is 1. The molecule has 0 spiro atoms. The highest BCUT2D eigenvalue weighted by atomic mass is 16.5. The van der Waals surface area contributed by atoms with E-state index >= 15 is 0 Å². The van der Waals surface area contributed by atoms with E-state index in [0.29, 0.717) is 30.1 Å². The Labute approximate surface area is 248 Å². The van der Waals surface area contributed by atoms with Crippen LogP contribution in [0.15, 0.2) is 58.1 Å². The number of ether oxygens (including phenoxy) is 1. The van der Waals surface area contributed by atoms with Gasteiger partial charge in [-0.2, -0.15) is 5.21 Å². The number of hydrogen-bond donors (Lipinski definition) is 1. The van der Waals surface area contributed by atoms with Crippen molar-refractivity contribution in [2.45, 2.75) is 66.1 Å². The highest BCUT2D eigenvalue weighted by Crippen LogP contribution is 2.30. The summed E-state index contributed by atoms with van der Waals surface area (Å²) in [5, 5.41) is 14.5. The van der Waals surface area contributed by atoms with Crippen LogP contribution in [0.1, 0.15) is 51.4 Å². The van der Waals surface area contributed by atoms with E-state index in [2.05, 4.69) is 27.5 Å². The third-order valence-electron chi connectivity index (χ3n) is 7.38. The van der Waals surface area contributed by atoms with Crippen molar-refractivity contribution >= 4 is 17.1 Å². The summed E-state index contributed by atoms with van der Waals surface area (Å²) in [6.45, 7) is 6.26. The average molecular weight is 585 g/mol. The fourth-order valence-electron chi connectivity index (χ4n) is 5.27. The third-order valence-corrected chi connectivity index (χ3v) is 7.38. The van der Waals surface area contributed by atoms with Crippen molar-refractivity contribution in [1.29, 1.82) is 0 Å². The maximum Gasteiger partial charge on any atom is 0.333 e. The van der Waals surface area contributed by atoms with Gasteiger partial charge in [0.15, 0.2) is 11.2 Å². The lowest BCUT2D eigenvalue weighted by molar-refractivity contribution is -0.141. The second kappa shape index (κ2) is 13.0. The number of H-pyrrole nitrogens is 1. The molecule has 0 fully saturated rings. The van der Waals surface area contributed by atoms with Gasteiger partial charge < -0.3 is 9.30 Å². The molecular weight excluding hydrogens is 548 g/mol. The minimum atomic E-state index is -0.586. The number of carbonyl (C=O) groups is 1. The van der Waals surface area contributed by atoms with E-state index < -0.39 is 17.2 Å². The molecule has 3 aromatic heterocycles. The van der Waals surface area contributed by atoms with E-state index in [0.717, 1.165) is 41.5 Å². The van der Waals surface area contributed by atoms with E-state index in [9.17, 15) is 14.4 Å². The monoisotopic (exact) mass is 584 g/mol. The van der Waals surface area contributed by atoms with Crippen LogP contribution in [0.3, 0.4) is 0 Å². The van der Waals surface area contributed by atoms with Gasteiger partial charge in [-0.15, -0.1) is 10.2 Å². The van der Waals surface area contributed by atoms with Gasteiger partial charge in [-0.1, -0.05) is 82.1 Å². The summed E-state index contributed by atoms with van der Waals surface area (Å²) in [4.78, 5) is 44.5. The summed E-state index contributed by atoms with van der Waals surface area (Å²) >= 11 is 0. The molecule has 0 bridgehead atoms. The van der Waals surface area contributed by atoms with Gasteiger partial charge in [0.2, 0.25) is 5.82 Å². The predicted octanol–water partition coefficient (Wildman–Crippen LogP) is 3.82. The molecule has 224 valence electrons. The molecule has 0 radical (unpaired) electrons. The zero-order valence-corrected chi connectivity index (χ0v) is 24.9. The highest BCUT2D eigenvalue weighted by molar-refractivity contribution is 5.80. The highest BCUT2D eigenvalue weighted by Gasteiger charge is 2.23. The topological polar surface area (TPSA) is 143 Å². The first-order chi connectivity index (χ1) is 20.8. The Morgan fingerprint density at radius 3 is 2.37 bits per heavy atom. The van der Waals surface area contributed by atoms with Crippen LogP contribution < -0.4 is 11.2 Å². The number of aromatic nitrogens is 8. The van der Waals surface area contributed by atoms with Crippen molar-refractivity contribution in [3.63, 3.8) is 0 Å². The number of methoxy groups -OCH3 is 1. The average Bonchev–Trinajstić information content (AvgIpc) is 3.67. The lowest BCUT2D eigenvalue weighted by atomic mass is 9.98. The Hall–Kier alpha value is -4.87. The molecule has 12 heteroatoms. The number of aryl methyl sites for hydroxylation is 1. The first-order valence-corrected chi connectivity index (χ1v) is 14.5. The number of unbranched alkanes of at least 4 members (excludes halogenated alkanes) is 2. The van der Waals surface area contributed by atoms with Gasteiger partial charge in [-0.05, 0) is 34.2 Å². The molecule has 0 saturated carbocycles. The second-order valence-corrected chi connectivity index (χ2v) is 11.0. The molecular formula is C31H36N8O4. The summed E-state index contributed by atoms with van der Waals surface area (Å²) < 4.78 is 9.25. The molecule has 0 aliphatic carbocycles. The fraction of sp³-hybridized carbons (Fsp3) is 0.387. The predicted molar refractivity (Wildman–Crippen MR) is 162 cm³/mol. The van der Waals surface area contributed by atoms with Gasteiger partial charge >= 0.3 is 11.7 Å². The number of nitrogens with zero attached hydrogens (tertiary/aromatic N) is 7. The van der Waals surface area contributed by atoms with Crippen LogP contribution in [-0.4, -0.2) is 52.4 Å². The summed E-state index contributed by atoms with van der Waals surface area (Å²) in [7, 11) is 1.27. The Morgan fingerprint density at radius 1 is 0.977 bits per heavy atom. The zero-order valence-electron chi connectivity index (χ0n) is 24.9. The molecule has 0 aliphatic heterocycles. The number of aromatic amines is 1. The number of benzene rings is 2. The fourth-order valence-corrected chi connectivity index (χ4v) is 5.27. The quantitative estimate of drug-likeness (QED) is 0.172. The minimum absolute atomic E-state index is 0.0395. The third kappa shape index (κ3) is 6.18. The first kappa shape index (κ1) is 29.6. The molecule has 5 rings (SSSR count). The van der Waals surface area contributed by atoms with Crippen LogP contribution >= 0.6 is 0 Å². The van der Waals surface area contributed by atoms with Crippen LogP contribution in [0.4, 0.5) is 0 Å². The number of rotatable bonds is 12. The van der Waals surface area contributed by atoms with E-state index in [1.165, 1.54) is 16.2 Å². The lowest BCUT2D eigenvalue weighted by Gasteiger charge is -2.14. The molecule has 0 saturated heterocycles. The van der Waals surface area contributed by atoms with Crippen molar-refractivity contribution in [3.05, 3.63) is 80.8 Å². The molecule has 1 N–H and O–H groups in total. The van der Waals surface area contributed by atoms with Gasteiger partial charge in [-0.3, -0.25) is 18.7 Å². The Balaban J connectivity index is 1.61. The standard InChI is InChI=1S/C31H36N8O4/c1-5-6-7-12-25-32-29-27(30(41)39(17-20(2)3)31(42)38(29)19-26(40)43-4)37(25)18-21-13-15-22(16-14-21)23-10-8-9-11-24(23)28-33-35-36-34-28/h8-11,13-16,20H,5-7,12,17-19H2,1-4H3,(H,33,34,35,36). The van der Waals surface area contributed by atoms with Crippen LogP contribution in [0.5, 0.6) is 0 Å². The van der Waals surface area contributed by atoms with E-state index in [-0.39, 0.29) is 24.7 Å². The number of hydrogen-bond acceptors (Lipinski definition) is 8. The van der Waals surface area contributed by atoms with Crippen molar-refractivity contribution < 1.29 is 9.53 Å². The molecule has 0 unspecified atom stereocenters. The maximum absolute atomic E-state index is 13.9. The van der Waals surface area contributed by atoms with Crippen LogP contribution in [0.25, 0.3) is 33.7 Å². The molecule has 0 atom stereocenters. The number of esters is 1. The maximum atomic E-state index is 13.9. The summed E-state index contributed by atoms with van der Waals surface area (Å²) in [6.07, 6.45) is 3.55. The van der Waals surface area contributed by atoms with E-state index in [4.69, 9.17) is 9.72 Å². The SMILES string of the molecule is CCCCCc1nc2c(c(=O)n(CC(C)C)c(=O)n2CC(=O)OC)n1Cc1ccc(-c2ccccc2-c2nn[nH]n2)cc1. The second-order valence-electron chi connectivity index (χ2n) is 11.0.